The minimum Gasteiger partial charge on any atom is -0.357 e. The molecule has 0 atom stereocenters. The number of aromatic nitrogens is 2. The topological polar surface area (TPSA) is 78.6 Å². The number of aryl methyl sites for hydroxylation is 1. The molecule has 1 saturated heterocycles. The van der Waals surface area contributed by atoms with Crippen LogP contribution in [-0.4, -0.2) is 53.2 Å². The van der Waals surface area contributed by atoms with Gasteiger partial charge in [0.1, 0.15) is 6.54 Å². The summed E-state index contributed by atoms with van der Waals surface area (Å²) < 4.78 is 4.96. The fourth-order valence-corrected chi connectivity index (χ4v) is 2.69. The van der Waals surface area contributed by atoms with Crippen LogP contribution in [0, 0.1) is 6.92 Å². The molecule has 0 unspecified atom stereocenters. The molecule has 0 aliphatic carbocycles. The minimum atomic E-state index is 0.432. The number of guanidine groups is 1. The highest BCUT2D eigenvalue weighted by molar-refractivity contribution is 5.80. The van der Waals surface area contributed by atoms with Gasteiger partial charge in [-0.25, -0.2) is 4.99 Å². The highest BCUT2D eigenvalue weighted by atomic mass is 16.5. The normalized spacial score (nSPS) is 17.7. The molecule has 0 aromatic carbocycles. The molecular weight excluding hydrogens is 280 g/mol. The van der Waals surface area contributed by atoms with Crippen molar-refractivity contribution in [1.82, 2.24) is 25.7 Å². The summed E-state index contributed by atoms with van der Waals surface area (Å²) in [5, 5.41) is 10.7. The van der Waals surface area contributed by atoms with E-state index in [1.807, 2.05) is 0 Å². The van der Waals surface area contributed by atoms with Crippen LogP contribution in [0.4, 0.5) is 0 Å². The average molecular weight is 308 g/mol. The van der Waals surface area contributed by atoms with Crippen LogP contribution in [0.3, 0.4) is 0 Å². The van der Waals surface area contributed by atoms with Crippen molar-refractivity contribution in [3.63, 3.8) is 0 Å². The molecular formula is C15H28N6O. The quantitative estimate of drug-likeness (QED) is 0.609. The first-order valence-corrected chi connectivity index (χ1v) is 8.27. The van der Waals surface area contributed by atoms with Crippen molar-refractivity contribution < 1.29 is 4.52 Å². The van der Waals surface area contributed by atoms with E-state index in [2.05, 4.69) is 44.5 Å². The summed E-state index contributed by atoms with van der Waals surface area (Å²) in [6.07, 6.45) is 3.55. The van der Waals surface area contributed by atoms with Gasteiger partial charge in [0.2, 0.25) is 5.89 Å². The van der Waals surface area contributed by atoms with Gasteiger partial charge in [-0.3, -0.25) is 0 Å². The molecule has 2 N–H and O–H groups in total. The van der Waals surface area contributed by atoms with Gasteiger partial charge < -0.3 is 20.1 Å². The number of hydrogen-bond acceptors (Lipinski definition) is 5. The maximum atomic E-state index is 4.96. The lowest BCUT2D eigenvalue weighted by atomic mass is 10.1. The number of piperidine rings is 1. The van der Waals surface area contributed by atoms with Crippen LogP contribution in [0.25, 0.3) is 0 Å². The summed E-state index contributed by atoms with van der Waals surface area (Å²) in [6.45, 7) is 10.9. The first-order valence-electron chi connectivity index (χ1n) is 8.27. The van der Waals surface area contributed by atoms with Gasteiger partial charge in [0.25, 0.3) is 0 Å². The van der Waals surface area contributed by atoms with Crippen molar-refractivity contribution in [3.05, 3.63) is 11.7 Å². The van der Waals surface area contributed by atoms with Crippen molar-refractivity contribution in [1.29, 1.82) is 0 Å². The SMILES string of the molecule is CCCN1CCC(NC(=NCc2noc(C)n2)NCC)CC1. The Morgan fingerprint density at radius 3 is 2.73 bits per heavy atom. The Morgan fingerprint density at radius 1 is 1.36 bits per heavy atom. The zero-order valence-electron chi connectivity index (χ0n) is 13.9. The minimum absolute atomic E-state index is 0.432. The molecule has 2 rings (SSSR count). The number of aliphatic imine (C=N–C) groups is 1. The second-order valence-electron chi connectivity index (χ2n) is 5.69. The molecule has 22 heavy (non-hydrogen) atoms. The van der Waals surface area contributed by atoms with Crippen molar-refractivity contribution in [2.75, 3.05) is 26.2 Å². The van der Waals surface area contributed by atoms with Gasteiger partial charge >= 0.3 is 0 Å². The lowest BCUT2D eigenvalue weighted by Gasteiger charge is -2.32. The van der Waals surface area contributed by atoms with E-state index in [-0.39, 0.29) is 0 Å². The number of likely N-dealkylation sites (tertiary alicyclic amines) is 1. The van der Waals surface area contributed by atoms with E-state index in [1.54, 1.807) is 6.92 Å². The van der Waals surface area contributed by atoms with Crippen LogP contribution in [0.2, 0.25) is 0 Å². The van der Waals surface area contributed by atoms with Crippen LogP contribution in [-0.2, 0) is 6.54 Å². The second-order valence-corrected chi connectivity index (χ2v) is 5.69. The molecule has 7 heteroatoms. The molecule has 1 aliphatic rings. The summed E-state index contributed by atoms with van der Waals surface area (Å²) in [6, 6.07) is 0.484. The van der Waals surface area contributed by atoms with Crippen LogP contribution in [0.1, 0.15) is 44.8 Å². The number of hydrogen-bond donors (Lipinski definition) is 2. The Labute approximate surface area is 132 Å². The number of nitrogens with one attached hydrogen (secondary N) is 2. The Morgan fingerprint density at radius 2 is 2.14 bits per heavy atom. The highest BCUT2D eigenvalue weighted by Crippen LogP contribution is 2.10. The summed E-state index contributed by atoms with van der Waals surface area (Å²) in [5.74, 6) is 2.03. The van der Waals surface area contributed by atoms with Crippen molar-refractivity contribution in [3.8, 4) is 0 Å². The van der Waals surface area contributed by atoms with Gasteiger partial charge in [0.05, 0.1) is 0 Å². The molecule has 124 valence electrons. The predicted molar refractivity (Wildman–Crippen MR) is 86.7 cm³/mol. The Balaban J connectivity index is 1.83. The van der Waals surface area contributed by atoms with E-state index in [0.717, 1.165) is 38.4 Å². The average Bonchev–Trinajstić information content (AvgIpc) is 2.93. The molecule has 0 spiro atoms. The van der Waals surface area contributed by atoms with Crippen molar-refractivity contribution in [2.45, 2.75) is 52.6 Å². The van der Waals surface area contributed by atoms with Crippen LogP contribution in [0.15, 0.2) is 9.52 Å². The Bertz CT molecular complexity index is 464. The molecule has 0 radical (unpaired) electrons. The van der Waals surface area contributed by atoms with Crippen LogP contribution < -0.4 is 10.6 Å². The van der Waals surface area contributed by atoms with Gasteiger partial charge in [0, 0.05) is 32.6 Å². The molecule has 1 fully saturated rings. The second kappa shape index (κ2) is 8.73. The van der Waals surface area contributed by atoms with Gasteiger partial charge in [-0.2, -0.15) is 4.98 Å². The smallest absolute Gasteiger partial charge is 0.223 e. The fourth-order valence-electron chi connectivity index (χ4n) is 2.69. The van der Waals surface area contributed by atoms with E-state index in [1.165, 1.54) is 13.0 Å². The number of rotatable bonds is 6. The van der Waals surface area contributed by atoms with E-state index in [9.17, 15) is 0 Å². The fraction of sp³-hybridized carbons (Fsp3) is 0.800. The molecule has 1 aliphatic heterocycles. The predicted octanol–water partition coefficient (Wildman–Crippen LogP) is 1.31. The Kier molecular flexibility index (Phi) is 6.64. The van der Waals surface area contributed by atoms with Gasteiger partial charge in [-0.15, -0.1) is 0 Å². The van der Waals surface area contributed by atoms with Gasteiger partial charge in [0.15, 0.2) is 11.8 Å². The monoisotopic (exact) mass is 308 g/mol. The van der Waals surface area contributed by atoms with E-state index < -0.39 is 0 Å². The molecule has 0 saturated carbocycles. The lowest BCUT2D eigenvalue weighted by Crippen LogP contribution is -2.48. The molecule has 1 aromatic rings. The van der Waals surface area contributed by atoms with E-state index >= 15 is 0 Å². The summed E-state index contributed by atoms with van der Waals surface area (Å²) >= 11 is 0. The van der Waals surface area contributed by atoms with Crippen LogP contribution >= 0.6 is 0 Å². The Hall–Kier alpha value is -1.63. The van der Waals surface area contributed by atoms with E-state index in [4.69, 9.17) is 4.52 Å². The largest absolute Gasteiger partial charge is 0.357 e. The van der Waals surface area contributed by atoms with E-state index in [0.29, 0.717) is 24.3 Å². The van der Waals surface area contributed by atoms with Crippen molar-refractivity contribution in [2.24, 2.45) is 4.99 Å². The number of nitrogens with zero attached hydrogens (tertiary/aromatic N) is 4. The van der Waals surface area contributed by atoms with Gasteiger partial charge in [-0.05, 0) is 32.7 Å². The third kappa shape index (κ3) is 5.29. The molecule has 2 heterocycles. The summed E-state index contributed by atoms with van der Waals surface area (Å²) in [5.41, 5.74) is 0. The maximum Gasteiger partial charge on any atom is 0.223 e. The van der Waals surface area contributed by atoms with Gasteiger partial charge in [-0.1, -0.05) is 12.1 Å². The van der Waals surface area contributed by atoms with Crippen molar-refractivity contribution >= 4 is 5.96 Å². The zero-order valence-corrected chi connectivity index (χ0v) is 13.9. The maximum absolute atomic E-state index is 4.96. The molecule has 0 bridgehead atoms. The first-order chi connectivity index (χ1) is 10.7. The molecule has 0 amide bonds. The third-order valence-electron chi connectivity index (χ3n) is 3.76. The lowest BCUT2D eigenvalue weighted by molar-refractivity contribution is 0.206. The molecule has 7 nitrogen and oxygen atoms in total. The summed E-state index contributed by atoms with van der Waals surface area (Å²) in [4.78, 5) is 11.2. The zero-order chi connectivity index (χ0) is 15.8. The summed E-state index contributed by atoms with van der Waals surface area (Å²) in [7, 11) is 0. The molecule has 1 aromatic heterocycles. The highest BCUT2D eigenvalue weighted by Gasteiger charge is 2.19. The standard InChI is InChI=1S/C15H28N6O/c1-4-8-21-9-6-13(7-10-21)19-15(16-5-2)17-11-14-18-12(3)22-20-14/h13H,4-11H2,1-3H3,(H2,16,17,19). The first kappa shape index (κ1) is 16.7. The third-order valence-corrected chi connectivity index (χ3v) is 3.76. The van der Waals surface area contributed by atoms with Crippen LogP contribution in [0.5, 0.6) is 0 Å².